The average molecular weight is 397 g/mol. The van der Waals surface area contributed by atoms with Crippen molar-refractivity contribution < 1.29 is 14.1 Å². The maximum atomic E-state index is 12.2. The fraction of sp³-hybridized carbons (Fsp3) is 0.333. The Kier molecular flexibility index (Phi) is 6.43. The number of nitrogens with one attached hydrogen (secondary N) is 1. The molecule has 0 bridgehead atoms. The smallest absolute Gasteiger partial charge is 0.407 e. The van der Waals surface area contributed by atoms with Gasteiger partial charge in [0, 0.05) is 31.5 Å². The van der Waals surface area contributed by atoms with E-state index in [9.17, 15) is 19.7 Å². The molecule has 1 amide bonds. The molecule has 0 aliphatic carbocycles. The van der Waals surface area contributed by atoms with Crippen LogP contribution < -0.4 is 11.1 Å². The van der Waals surface area contributed by atoms with Gasteiger partial charge in [0.15, 0.2) is 5.58 Å². The molecule has 0 fully saturated rings. The Morgan fingerprint density at radius 2 is 2.00 bits per heavy atom. The molecule has 1 unspecified atom stereocenters. The Morgan fingerprint density at radius 3 is 2.69 bits per heavy atom. The Bertz CT molecular complexity index is 1060. The maximum Gasteiger partial charge on any atom is 0.419 e. The Balaban J connectivity index is 1.54. The minimum atomic E-state index is -0.587. The van der Waals surface area contributed by atoms with Crippen molar-refractivity contribution in [3.05, 3.63) is 74.8 Å². The lowest BCUT2D eigenvalue weighted by molar-refractivity contribution is -0.384. The fourth-order valence-electron chi connectivity index (χ4n) is 3.33. The van der Waals surface area contributed by atoms with Gasteiger partial charge < -0.3 is 9.73 Å². The van der Waals surface area contributed by atoms with Gasteiger partial charge in [-0.25, -0.2) is 4.79 Å². The van der Waals surface area contributed by atoms with Gasteiger partial charge in [0.2, 0.25) is 5.91 Å². The number of nitro benzene ring substituents is 1. The van der Waals surface area contributed by atoms with Crippen LogP contribution in [0, 0.1) is 10.1 Å². The van der Waals surface area contributed by atoms with E-state index in [0.717, 1.165) is 6.42 Å². The average Bonchev–Trinajstić information content (AvgIpc) is 3.03. The quantitative estimate of drug-likeness (QED) is 0.438. The number of hydrogen-bond donors (Lipinski definition) is 1. The minimum Gasteiger partial charge on any atom is -0.407 e. The molecular formula is C21H23N3O5. The number of non-ortho nitro benzene ring substituents is 1. The molecule has 152 valence electrons. The standard InChI is InChI=1S/C21H23N3O5/c1-2-15(16-7-4-3-5-8-16)14-22-20(25)9-6-12-23-18-11-10-17(24(27)28)13-19(18)29-21(23)26/h3-5,7-8,10-11,13,15H,2,6,9,12,14H2,1H3,(H,22,25). The number of rotatable bonds is 9. The van der Waals surface area contributed by atoms with Crippen molar-refractivity contribution in [2.75, 3.05) is 6.54 Å². The second-order valence-corrected chi connectivity index (χ2v) is 6.85. The Hall–Kier alpha value is -3.42. The molecule has 1 N–H and O–H groups in total. The summed E-state index contributed by atoms with van der Waals surface area (Å²) >= 11 is 0. The van der Waals surface area contributed by atoms with E-state index in [4.69, 9.17) is 4.42 Å². The van der Waals surface area contributed by atoms with E-state index in [1.807, 2.05) is 18.2 Å². The first kappa shape index (κ1) is 20.3. The van der Waals surface area contributed by atoms with E-state index in [1.165, 1.54) is 28.3 Å². The highest BCUT2D eigenvalue weighted by Gasteiger charge is 2.15. The van der Waals surface area contributed by atoms with Crippen LogP contribution in [0.3, 0.4) is 0 Å². The van der Waals surface area contributed by atoms with Crippen LogP contribution >= 0.6 is 0 Å². The number of oxazole rings is 1. The molecule has 3 rings (SSSR count). The van der Waals surface area contributed by atoms with Gasteiger partial charge in [-0.05, 0) is 24.5 Å². The predicted octanol–water partition coefficient (Wildman–Crippen LogP) is 3.59. The molecule has 0 aliphatic heterocycles. The number of hydrogen-bond acceptors (Lipinski definition) is 5. The number of aromatic nitrogens is 1. The van der Waals surface area contributed by atoms with Gasteiger partial charge in [-0.2, -0.15) is 0 Å². The van der Waals surface area contributed by atoms with Crippen molar-refractivity contribution in [2.24, 2.45) is 0 Å². The molecule has 1 heterocycles. The SMILES string of the molecule is CCC(CNC(=O)CCCn1c(=O)oc2cc([N+](=O)[O-])ccc21)c1ccccc1. The normalized spacial score (nSPS) is 12.0. The second kappa shape index (κ2) is 9.18. The maximum absolute atomic E-state index is 12.2. The third kappa shape index (κ3) is 4.90. The van der Waals surface area contributed by atoms with Crippen molar-refractivity contribution in [1.29, 1.82) is 0 Å². The van der Waals surface area contributed by atoms with Gasteiger partial charge in [0.1, 0.15) is 0 Å². The molecular weight excluding hydrogens is 374 g/mol. The van der Waals surface area contributed by atoms with Gasteiger partial charge >= 0.3 is 5.76 Å². The Morgan fingerprint density at radius 1 is 1.24 bits per heavy atom. The number of benzene rings is 2. The zero-order chi connectivity index (χ0) is 20.8. The zero-order valence-corrected chi connectivity index (χ0v) is 16.2. The van der Waals surface area contributed by atoms with Gasteiger partial charge in [0.05, 0.1) is 16.5 Å². The van der Waals surface area contributed by atoms with E-state index in [-0.39, 0.29) is 29.5 Å². The van der Waals surface area contributed by atoms with Crippen LogP contribution in [-0.2, 0) is 11.3 Å². The van der Waals surface area contributed by atoms with Crippen LogP contribution in [0.25, 0.3) is 11.1 Å². The summed E-state index contributed by atoms with van der Waals surface area (Å²) in [6.07, 6.45) is 1.66. The molecule has 0 aliphatic rings. The predicted molar refractivity (Wildman–Crippen MR) is 109 cm³/mol. The lowest BCUT2D eigenvalue weighted by Gasteiger charge is -2.16. The van der Waals surface area contributed by atoms with Gasteiger partial charge in [0.25, 0.3) is 5.69 Å². The van der Waals surface area contributed by atoms with Crippen LogP contribution in [-0.4, -0.2) is 21.9 Å². The van der Waals surface area contributed by atoms with Crippen LogP contribution in [0.5, 0.6) is 0 Å². The number of amides is 1. The number of fused-ring (bicyclic) bond motifs is 1. The molecule has 2 aromatic carbocycles. The highest BCUT2D eigenvalue weighted by atomic mass is 16.6. The number of nitrogens with zero attached hydrogens (tertiary/aromatic N) is 2. The van der Waals surface area contributed by atoms with E-state index < -0.39 is 10.7 Å². The lowest BCUT2D eigenvalue weighted by atomic mass is 9.96. The van der Waals surface area contributed by atoms with E-state index in [1.54, 1.807) is 0 Å². The summed E-state index contributed by atoms with van der Waals surface area (Å²) in [7, 11) is 0. The Labute approximate surface area is 167 Å². The van der Waals surface area contributed by atoms with Crippen molar-refractivity contribution in [2.45, 2.75) is 38.6 Å². The van der Waals surface area contributed by atoms with Crippen LogP contribution in [0.15, 0.2) is 57.7 Å². The lowest BCUT2D eigenvalue weighted by Crippen LogP contribution is -2.28. The first-order valence-electron chi connectivity index (χ1n) is 9.59. The van der Waals surface area contributed by atoms with Crippen molar-refractivity contribution >= 4 is 22.7 Å². The van der Waals surface area contributed by atoms with Crippen molar-refractivity contribution in [3.8, 4) is 0 Å². The molecule has 8 nitrogen and oxygen atoms in total. The summed E-state index contributed by atoms with van der Waals surface area (Å²) in [4.78, 5) is 34.5. The summed E-state index contributed by atoms with van der Waals surface area (Å²) in [5.41, 5.74) is 1.71. The summed E-state index contributed by atoms with van der Waals surface area (Å²) < 4.78 is 6.49. The van der Waals surface area contributed by atoms with Crippen molar-refractivity contribution in [3.63, 3.8) is 0 Å². The zero-order valence-electron chi connectivity index (χ0n) is 16.2. The molecule has 1 aromatic heterocycles. The number of aryl methyl sites for hydroxylation is 1. The van der Waals surface area contributed by atoms with Crippen LogP contribution in [0.4, 0.5) is 5.69 Å². The van der Waals surface area contributed by atoms with E-state index in [2.05, 4.69) is 24.4 Å². The van der Waals surface area contributed by atoms with E-state index in [0.29, 0.717) is 25.0 Å². The minimum absolute atomic E-state index is 0.0733. The number of carbonyl (C=O) groups is 1. The topological polar surface area (TPSA) is 107 Å². The highest BCUT2D eigenvalue weighted by Crippen LogP contribution is 2.20. The summed E-state index contributed by atoms with van der Waals surface area (Å²) in [6.45, 7) is 2.95. The molecule has 0 saturated carbocycles. The number of carbonyl (C=O) groups excluding carboxylic acids is 1. The van der Waals surface area contributed by atoms with Crippen molar-refractivity contribution in [1.82, 2.24) is 9.88 Å². The molecule has 0 radical (unpaired) electrons. The third-order valence-corrected chi connectivity index (χ3v) is 4.96. The first-order valence-corrected chi connectivity index (χ1v) is 9.59. The largest absolute Gasteiger partial charge is 0.419 e. The summed E-state index contributed by atoms with van der Waals surface area (Å²) in [5.74, 6) is -0.400. The summed E-state index contributed by atoms with van der Waals surface area (Å²) in [5, 5.41) is 13.8. The van der Waals surface area contributed by atoms with Gasteiger partial charge in [-0.15, -0.1) is 0 Å². The monoisotopic (exact) mass is 397 g/mol. The second-order valence-electron chi connectivity index (χ2n) is 6.85. The summed E-state index contributed by atoms with van der Waals surface area (Å²) in [6, 6.07) is 14.1. The molecule has 3 aromatic rings. The van der Waals surface area contributed by atoms with Crippen LogP contribution in [0.1, 0.15) is 37.7 Å². The van der Waals surface area contributed by atoms with Crippen LogP contribution in [0.2, 0.25) is 0 Å². The molecule has 29 heavy (non-hydrogen) atoms. The first-order chi connectivity index (χ1) is 14.0. The fourth-order valence-corrected chi connectivity index (χ4v) is 3.33. The molecule has 0 saturated heterocycles. The third-order valence-electron chi connectivity index (χ3n) is 4.96. The van der Waals surface area contributed by atoms with Gasteiger partial charge in [-0.1, -0.05) is 37.3 Å². The van der Waals surface area contributed by atoms with Gasteiger partial charge in [-0.3, -0.25) is 19.5 Å². The molecule has 8 heteroatoms. The molecule has 0 spiro atoms. The highest BCUT2D eigenvalue weighted by molar-refractivity contribution is 5.76. The van der Waals surface area contributed by atoms with E-state index >= 15 is 0 Å². The molecule has 1 atom stereocenters. The number of nitro groups is 1.